The van der Waals surface area contributed by atoms with Crippen LogP contribution in [0, 0.1) is 5.92 Å². The van der Waals surface area contributed by atoms with Crippen LogP contribution >= 0.6 is 24.0 Å². The second-order valence-electron chi connectivity index (χ2n) is 8.18. The minimum Gasteiger partial charge on any atom is -0.382 e. The van der Waals surface area contributed by atoms with Crippen LogP contribution in [0.2, 0.25) is 0 Å². The first-order valence-corrected chi connectivity index (χ1v) is 11.1. The number of ether oxygens (including phenoxy) is 1. The Morgan fingerprint density at radius 1 is 1.17 bits per heavy atom. The van der Waals surface area contributed by atoms with Crippen molar-refractivity contribution in [2.45, 2.75) is 57.9 Å². The fourth-order valence-electron chi connectivity index (χ4n) is 3.85. The third kappa shape index (κ3) is 9.36. The number of amides is 2. The fraction of sp³-hybridized carbons (Fsp3) is 0.857. The zero-order valence-electron chi connectivity index (χ0n) is 18.8. The second kappa shape index (κ2) is 14.8. The Morgan fingerprint density at radius 3 is 2.57 bits per heavy atom. The molecule has 0 aromatic heterocycles. The van der Waals surface area contributed by atoms with E-state index in [0.717, 1.165) is 38.8 Å². The van der Waals surface area contributed by atoms with Crippen molar-refractivity contribution in [3.63, 3.8) is 0 Å². The van der Waals surface area contributed by atoms with Gasteiger partial charge in [-0.15, -0.1) is 24.0 Å². The first kappa shape index (κ1) is 26.9. The molecule has 1 saturated carbocycles. The van der Waals surface area contributed by atoms with Crippen molar-refractivity contribution in [3.05, 3.63) is 0 Å². The van der Waals surface area contributed by atoms with E-state index in [1.54, 1.807) is 14.1 Å². The number of likely N-dealkylation sites (tertiary alicyclic amines) is 1. The topological polar surface area (TPSA) is 86.3 Å². The lowest BCUT2D eigenvalue weighted by Crippen LogP contribution is -2.46. The molecule has 2 N–H and O–H groups in total. The summed E-state index contributed by atoms with van der Waals surface area (Å²) in [5.74, 6) is 1.12. The maximum absolute atomic E-state index is 12.8. The molecule has 1 heterocycles. The van der Waals surface area contributed by atoms with Gasteiger partial charge in [0.2, 0.25) is 11.8 Å². The van der Waals surface area contributed by atoms with Crippen LogP contribution in [0.15, 0.2) is 4.99 Å². The molecule has 2 aliphatic rings. The number of nitrogens with zero attached hydrogens (tertiary/aromatic N) is 3. The van der Waals surface area contributed by atoms with Crippen LogP contribution in [0.5, 0.6) is 0 Å². The first-order chi connectivity index (χ1) is 14.0. The minimum atomic E-state index is -0.0408. The highest BCUT2D eigenvalue weighted by Crippen LogP contribution is 2.26. The number of hydrogen-bond acceptors (Lipinski definition) is 4. The molecule has 174 valence electrons. The van der Waals surface area contributed by atoms with Crippen LogP contribution in [0.3, 0.4) is 0 Å². The molecule has 0 spiro atoms. The van der Waals surface area contributed by atoms with Gasteiger partial charge in [0.05, 0.1) is 0 Å². The van der Waals surface area contributed by atoms with Gasteiger partial charge in [0.1, 0.15) is 6.54 Å². The molecule has 1 unspecified atom stereocenters. The van der Waals surface area contributed by atoms with Gasteiger partial charge < -0.3 is 25.2 Å². The monoisotopic (exact) mass is 537 g/mol. The summed E-state index contributed by atoms with van der Waals surface area (Å²) < 4.78 is 5.37. The van der Waals surface area contributed by atoms with E-state index in [0.29, 0.717) is 31.6 Å². The molecule has 0 bridgehead atoms. The Morgan fingerprint density at radius 2 is 1.90 bits per heavy atom. The molecule has 0 aromatic rings. The standard InChI is InChI=1S/C21H39N5O3.HI/c1-4-29-14-8-12-22-21(23-15-19(27)25(2)3)24-18-11-13-26(16-18)20(28)17-9-6-5-7-10-17;/h17-18H,4-16H2,1-3H3,(H2,22,23,24);1H. The Labute approximate surface area is 198 Å². The van der Waals surface area contributed by atoms with Crippen molar-refractivity contribution < 1.29 is 14.3 Å². The number of hydrogen-bond donors (Lipinski definition) is 2. The van der Waals surface area contributed by atoms with Gasteiger partial charge in [0.25, 0.3) is 0 Å². The molecule has 0 aromatic carbocycles. The summed E-state index contributed by atoms with van der Waals surface area (Å²) in [7, 11) is 3.46. The van der Waals surface area contributed by atoms with Crippen LogP contribution in [0.4, 0.5) is 0 Å². The van der Waals surface area contributed by atoms with Gasteiger partial charge in [-0.1, -0.05) is 19.3 Å². The summed E-state index contributed by atoms with van der Waals surface area (Å²) in [6.07, 6.45) is 7.45. The summed E-state index contributed by atoms with van der Waals surface area (Å²) in [4.78, 5) is 32.7. The van der Waals surface area contributed by atoms with E-state index in [4.69, 9.17) is 4.74 Å². The number of likely N-dealkylation sites (N-methyl/N-ethyl adjacent to an activating group) is 1. The third-order valence-corrected chi connectivity index (χ3v) is 5.63. The van der Waals surface area contributed by atoms with E-state index in [1.807, 2.05) is 11.8 Å². The first-order valence-electron chi connectivity index (χ1n) is 11.1. The smallest absolute Gasteiger partial charge is 0.243 e. The molecule has 1 aliphatic heterocycles. The molecule has 2 rings (SSSR count). The van der Waals surface area contributed by atoms with Crippen LogP contribution in [0.25, 0.3) is 0 Å². The van der Waals surface area contributed by atoms with Gasteiger partial charge >= 0.3 is 0 Å². The second-order valence-corrected chi connectivity index (χ2v) is 8.18. The summed E-state index contributed by atoms with van der Waals surface area (Å²) in [5, 5.41) is 6.71. The maximum atomic E-state index is 12.8. The lowest BCUT2D eigenvalue weighted by molar-refractivity contribution is -0.135. The van der Waals surface area contributed by atoms with E-state index >= 15 is 0 Å². The number of nitrogens with one attached hydrogen (secondary N) is 2. The quantitative estimate of drug-likeness (QED) is 0.203. The molecule has 1 aliphatic carbocycles. The molecular weight excluding hydrogens is 497 g/mol. The zero-order chi connectivity index (χ0) is 21.1. The van der Waals surface area contributed by atoms with Crippen molar-refractivity contribution >= 4 is 41.8 Å². The van der Waals surface area contributed by atoms with E-state index in [1.165, 1.54) is 24.2 Å². The average Bonchev–Trinajstić information content (AvgIpc) is 3.19. The molecule has 2 amide bonds. The third-order valence-electron chi connectivity index (χ3n) is 5.63. The Bertz CT molecular complexity index is 553. The lowest BCUT2D eigenvalue weighted by atomic mass is 9.88. The SMILES string of the molecule is CCOCCCNC(=NCC(=O)N(C)C)NC1CCN(C(=O)C2CCCCC2)C1.I. The molecule has 2 fully saturated rings. The van der Waals surface area contributed by atoms with Gasteiger partial charge in [0, 0.05) is 58.9 Å². The van der Waals surface area contributed by atoms with Crippen LogP contribution < -0.4 is 10.6 Å². The predicted octanol–water partition coefficient (Wildman–Crippen LogP) is 1.84. The maximum Gasteiger partial charge on any atom is 0.243 e. The number of halogens is 1. The molecule has 8 nitrogen and oxygen atoms in total. The zero-order valence-corrected chi connectivity index (χ0v) is 21.2. The van der Waals surface area contributed by atoms with E-state index < -0.39 is 0 Å². The van der Waals surface area contributed by atoms with E-state index in [-0.39, 0.29) is 48.4 Å². The number of rotatable bonds is 9. The molecule has 0 radical (unpaired) electrons. The van der Waals surface area contributed by atoms with Gasteiger partial charge in [-0.2, -0.15) is 0 Å². The highest BCUT2D eigenvalue weighted by molar-refractivity contribution is 14.0. The molecule has 9 heteroatoms. The summed E-state index contributed by atoms with van der Waals surface area (Å²) in [6.45, 7) is 5.71. The summed E-state index contributed by atoms with van der Waals surface area (Å²) >= 11 is 0. The van der Waals surface area contributed by atoms with Crippen molar-refractivity contribution in [1.82, 2.24) is 20.4 Å². The fourth-order valence-corrected chi connectivity index (χ4v) is 3.85. The normalized spacial score (nSPS) is 19.9. The largest absolute Gasteiger partial charge is 0.382 e. The number of carbonyl (C=O) groups excluding carboxylic acids is 2. The Hall–Kier alpha value is -1.10. The highest BCUT2D eigenvalue weighted by atomic mass is 127. The van der Waals surface area contributed by atoms with Crippen molar-refractivity contribution in [2.24, 2.45) is 10.9 Å². The van der Waals surface area contributed by atoms with Crippen molar-refractivity contribution in [1.29, 1.82) is 0 Å². The van der Waals surface area contributed by atoms with Gasteiger partial charge in [-0.3, -0.25) is 9.59 Å². The molecule has 30 heavy (non-hydrogen) atoms. The lowest BCUT2D eigenvalue weighted by Gasteiger charge is -2.26. The summed E-state index contributed by atoms with van der Waals surface area (Å²) in [5.41, 5.74) is 0. The highest BCUT2D eigenvalue weighted by Gasteiger charge is 2.31. The van der Waals surface area contributed by atoms with Gasteiger partial charge in [0.15, 0.2) is 5.96 Å². The molecule has 1 atom stereocenters. The van der Waals surface area contributed by atoms with Crippen LogP contribution in [0.1, 0.15) is 51.9 Å². The van der Waals surface area contributed by atoms with Gasteiger partial charge in [-0.25, -0.2) is 4.99 Å². The van der Waals surface area contributed by atoms with E-state index in [2.05, 4.69) is 15.6 Å². The van der Waals surface area contributed by atoms with Crippen molar-refractivity contribution in [3.8, 4) is 0 Å². The van der Waals surface area contributed by atoms with Crippen molar-refractivity contribution in [2.75, 3.05) is 53.5 Å². The Kier molecular flexibility index (Phi) is 13.3. The van der Waals surface area contributed by atoms with Gasteiger partial charge in [-0.05, 0) is 32.6 Å². The minimum absolute atomic E-state index is 0. The van der Waals surface area contributed by atoms with Crippen LogP contribution in [-0.4, -0.2) is 87.1 Å². The predicted molar refractivity (Wildman–Crippen MR) is 130 cm³/mol. The van der Waals surface area contributed by atoms with E-state index in [9.17, 15) is 9.59 Å². The number of guanidine groups is 1. The summed E-state index contributed by atoms with van der Waals surface area (Å²) in [6, 6.07) is 0.162. The Balaban J connectivity index is 0.00000450. The number of carbonyl (C=O) groups is 2. The number of aliphatic imine (C=N–C) groups is 1. The average molecular weight is 537 g/mol. The molecule has 1 saturated heterocycles. The molecular formula is C21H40IN5O3. The van der Waals surface area contributed by atoms with Crippen LogP contribution in [-0.2, 0) is 14.3 Å².